The van der Waals surface area contributed by atoms with Crippen molar-refractivity contribution in [2.45, 2.75) is 37.8 Å². The summed E-state index contributed by atoms with van der Waals surface area (Å²) < 4.78 is 0. The monoisotopic (exact) mass is 386 g/mol. The number of hydrogen-bond donors (Lipinski definition) is 2. The Morgan fingerprint density at radius 3 is 1.69 bits per heavy atom. The van der Waals surface area contributed by atoms with E-state index in [9.17, 15) is 9.59 Å². The summed E-state index contributed by atoms with van der Waals surface area (Å²) in [6.45, 7) is 0. The second-order valence-corrected chi connectivity index (χ2v) is 8.17. The third-order valence-electron chi connectivity index (χ3n) is 4.31. The maximum Gasteiger partial charge on any atom is 0.244 e. The molecule has 136 valence electrons. The molecule has 0 saturated heterocycles. The highest BCUT2D eigenvalue weighted by atomic mass is 32.1. The molecule has 2 atom stereocenters. The molecule has 0 unspecified atom stereocenters. The fraction of sp³-hybridized carbons (Fsp3) is 0.300. The molecule has 26 heavy (non-hydrogen) atoms. The zero-order chi connectivity index (χ0) is 18.2. The van der Waals surface area contributed by atoms with Crippen molar-refractivity contribution in [1.29, 1.82) is 0 Å². The normalized spacial score (nSPS) is 20.5. The van der Waals surface area contributed by atoms with Crippen LogP contribution in [-0.2, 0) is 9.59 Å². The van der Waals surface area contributed by atoms with E-state index in [1.54, 1.807) is 34.8 Å². The smallest absolute Gasteiger partial charge is 0.244 e. The highest BCUT2D eigenvalue weighted by Crippen LogP contribution is 2.19. The first kappa shape index (κ1) is 18.6. The van der Waals surface area contributed by atoms with Gasteiger partial charge in [0.05, 0.1) is 0 Å². The third kappa shape index (κ3) is 5.68. The minimum Gasteiger partial charge on any atom is -0.348 e. The molecular formula is C20H22N2O2S2. The average molecular weight is 387 g/mol. The zero-order valence-corrected chi connectivity index (χ0v) is 16.0. The quantitative estimate of drug-likeness (QED) is 0.735. The van der Waals surface area contributed by atoms with E-state index in [0.717, 1.165) is 35.4 Å². The minimum atomic E-state index is -0.112. The highest BCUT2D eigenvalue weighted by molar-refractivity contribution is 7.11. The summed E-state index contributed by atoms with van der Waals surface area (Å²) in [7, 11) is 0. The Morgan fingerprint density at radius 2 is 1.31 bits per heavy atom. The van der Waals surface area contributed by atoms with Crippen LogP contribution in [0.15, 0.2) is 47.2 Å². The third-order valence-corrected chi connectivity index (χ3v) is 5.98. The lowest BCUT2D eigenvalue weighted by Gasteiger charge is -2.32. The van der Waals surface area contributed by atoms with Crippen LogP contribution < -0.4 is 10.6 Å². The van der Waals surface area contributed by atoms with E-state index in [1.165, 1.54) is 0 Å². The number of carbonyl (C=O) groups is 2. The average Bonchev–Trinajstić information content (AvgIpc) is 3.34. The van der Waals surface area contributed by atoms with Crippen molar-refractivity contribution in [3.05, 3.63) is 56.9 Å². The van der Waals surface area contributed by atoms with Gasteiger partial charge in [-0.2, -0.15) is 0 Å². The van der Waals surface area contributed by atoms with Gasteiger partial charge < -0.3 is 10.6 Å². The second kappa shape index (κ2) is 9.50. The second-order valence-electron chi connectivity index (χ2n) is 6.21. The highest BCUT2D eigenvalue weighted by Gasteiger charge is 2.26. The van der Waals surface area contributed by atoms with E-state index in [1.807, 2.05) is 47.2 Å². The minimum absolute atomic E-state index is 0.0247. The van der Waals surface area contributed by atoms with E-state index in [4.69, 9.17) is 0 Å². The Kier molecular flexibility index (Phi) is 6.80. The Morgan fingerprint density at radius 1 is 0.846 bits per heavy atom. The van der Waals surface area contributed by atoms with Crippen LogP contribution in [-0.4, -0.2) is 23.9 Å². The summed E-state index contributed by atoms with van der Waals surface area (Å²) in [5.41, 5.74) is 0. The van der Waals surface area contributed by atoms with E-state index >= 15 is 0 Å². The molecule has 2 heterocycles. The number of hydrogen-bond acceptors (Lipinski definition) is 4. The van der Waals surface area contributed by atoms with Gasteiger partial charge in [0.15, 0.2) is 0 Å². The lowest BCUT2D eigenvalue weighted by atomic mass is 9.90. The molecule has 2 amide bonds. The first-order valence-electron chi connectivity index (χ1n) is 8.75. The van der Waals surface area contributed by atoms with Crippen LogP contribution in [0.1, 0.15) is 35.4 Å². The van der Waals surface area contributed by atoms with Crippen LogP contribution in [0.4, 0.5) is 0 Å². The molecule has 0 aliphatic heterocycles. The maximum absolute atomic E-state index is 12.2. The van der Waals surface area contributed by atoms with Crippen molar-refractivity contribution in [2.24, 2.45) is 0 Å². The molecule has 0 bridgehead atoms. The lowest BCUT2D eigenvalue weighted by Crippen LogP contribution is -2.52. The van der Waals surface area contributed by atoms with Gasteiger partial charge in [0.25, 0.3) is 0 Å². The number of carbonyl (C=O) groups excluding carboxylic acids is 2. The van der Waals surface area contributed by atoms with Gasteiger partial charge in [-0.05, 0) is 47.9 Å². The fourth-order valence-corrected chi connectivity index (χ4v) is 4.26. The van der Waals surface area contributed by atoms with Crippen molar-refractivity contribution in [1.82, 2.24) is 10.6 Å². The Hall–Kier alpha value is -2.18. The standard InChI is InChI=1S/C20H22N2O2S2/c23-19(11-9-15-5-3-13-25-15)21-17-7-1-2-8-18(17)22-20(24)12-10-16-6-4-14-26-16/h3-6,9-14,17-18H,1-2,7-8H2,(H,21,23)(H,22,24)/b11-9+,12-10+/t17-,18+. The first-order chi connectivity index (χ1) is 12.7. The van der Waals surface area contributed by atoms with Crippen LogP contribution in [0.3, 0.4) is 0 Å². The fourth-order valence-electron chi connectivity index (χ4n) is 3.03. The van der Waals surface area contributed by atoms with E-state index < -0.39 is 0 Å². The topological polar surface area (TPSA) is 58.2 Å². The van der Waals surface area contributed by atoms with Crippen LogP contribution in [0.2, 0.25) is 0 Å². The summed E-state index contributed by atoms with van der Waals surface area (Å²) >= 11 is 3.19. The molecule has 0 aromatic carbocycles. The number of rotatable bonds is 6. The molecule has 6 heteroatoms. The van der Waals surface area contributed by atoms with Gasteiger partial charge in [-0.1, -0.05) is 25.0 Å². The summed E-state index contributed by atoms with van der Waals surface area (Å²) in [6.07, 6.45) is 10.7. The molecule has 2 aromatic rings. The van der Waals surface area contributed by atoms with E-state index in [-0.39, 0.29) is 23.9 Å². The van der Waals surface area contributed by atoms with Gasteiger partial charge >= 0.3 is 0 Å². The Labute approximate surface area is 161 Å². The van der Waals surface area contributed by atoms with Gasteiger partial charge in [-0.15, -0.1) is 22.7 Å². The molecule has 0 radical (unpaired) electrons. The Bertz CT molecular complexity index is 698. The van der Waals surface area contributed by atoms with Gasteiger partial charge in [-0.3, -0.25) is 9.59 Å². The summed E-state index contributed by atoms with van der Waals surface area (Å²) in [4.78, 5) is 26.5. The number of nitrogens with one attached hydrogen (secondary N) is 2. The molecule has 1 aliphatic carbocycles. The van der Waals surface area contributed by atoms with Crippen molar-refractivity contribution in [3.63, 3.8) is 0 Å². The predicted octanol–water partition coefficient (Wildman–Crippen LogP) is 4.08. The van der Waals surface area contributed by atoms with Crippen molar-refractivity contribution >= 4 is 46.6 Å². The zero-order valence-electron chi connectivity index (χ0n) is 14.4. The van der Waals surface area contributed by atoms with Gasteiger partial charge in [-0.25, -0.2) is 0 Å². The van der Waals surface area contributed by atoms with Crippen LogP contribution >= 0.6 is 22.7 Å². The Balaban J connectivity index is 1.53. The summed E-state index contributed by atoms with van der Waals surface area (Å²) in [5, 5.41) is 10.1. The molecule has 1 aliphatic rings. The van der Waals surface area contributed by atoms with Crippen LogP contribution in [0.25, 0.3) is 12.2 Å². The first-order valence-corrected chi connectivity index (χ1v) is 10.5. The van der Waals surface area contributed by atoms with Gasteiger partial charge in [0.1, 0.15) is 0 Å². The molecule has 4 nitrogen and oxygen atoms in total. The van der Waals surface area contributed by atoms with E-state index in [0.29, 0.717) is 0 Å². The molecule has 1 saturated carbocycles. The molecule has 2 N–H and O–H groups in total. The molecule has 3 rings (SSSR count). The van der Waals surface area contributed by atoms with Crippen molar-refractivity contribution < 1.29 is 9.59 Å². The predicted molar refractivity (Wildman–Crippen MR) is 109 cm³/mol. The maximum atomic E-state index is 12.2. The summed E-state index contributed by atoms with van der Waals surface area (Å²) in [5.74, 6) is -0.225. The number of amides is 2. The van der Waals surface area contributed by atoms with Gasteiger partial charge in [0.2, 0.25) is 11.8 Å². The molecule has 0 spiro atoms. The summed E-state index contributed by atoms with van der Waals surface area (Å²) in [6, 6.07) is 7.81. The molecular weight excluding hydrogens is 364 g/mol. The van der Waals surface area contributed by atoms with Crippen LogP contribution in [0.5, 0.6) is 0 Å². The molecule has 2 aromatic heterocycles. The van der Waals surface area contributed by atoms with Gasteiger partial charge in [0, 0.05) is 34.0 Å². The molecule has 1 fully saturated rings. The number of thiophene rings is 2. The van der Waals surface area contributed by atoms with Crippen molar-refractivity contribution in [2.75, 3.05) is 0 Å². The van der Waals surface area contributed by atoms with Crippen molar-refractivity contribution in [3.8, 4) is 0 Å². The largest absolute Gasteiger partial charge is 0.348 e. The SMILES string of the molecule is O=C(/C=C/c1cccs1)N[C@H]1CCCC[C@H]1NC(=O)/C=C/c1cccs1. The van der Waals surface area contributed by atoms with Crippen LogP contribution in [0, 0.1) is 0 Å². The lowest BCUT2D eigenvalue weighted by molar-refractivity contribution is -0.120. The van der Waals surface area contributed by atoms with E-state index in [2.05, 4.69) is 10.6 Å².